The highest BCUT2D eigenvalue weighted by atomic mass is 16.5. The van der Waals surface area contributed by atoms with Crippen molar-refractivity contribution >= 4 is 11.9 Å². The van der Waals surface area contributed by atoms with Gasteiger partial charge in [0.2, 0.25) is 5.91 Å². The molecule has 0 bridgehead atoms. The highest BCUT2D eigenvalue weighted by Crippen LogP contribution is 2.25. The Morgan fingerprint density at radius 1 is 1.32 bits per heavy atom. The van der Waals surface area contributed by atoms with Gasteiger partial charge in [-0.1, -0.05) is 12.2 Å². The van der Waals surface area contributed by atoms with Crippen LogP contribution in [0.25, 0.3) is 0 Å². The molecule has 3 atom stereocenters. The zero-order chi connectivity index (χ0) is 14.3. The van der Waals surface area contributed by atoms with Gasteiger partial charge in [-0.25, -0.2) is 0 Å². The van der Waals surface area contributed by atoms with Gasteiger partial charge in [0, 0.05) is 20.8 Å². The third-order valence-corrected chi connectivity index (χ3v) is 3.28. The predicted molar refractivity (Wildman–Crippen MR) is 68.7 cm³/mol. The molecule has 0 aromatic carbocycles. The van der Waals surface area contributed by atoms with Crippen LogP contribution in [0.1, 0.15) is 12.8 Å². The molecule has 19 heavy (non-hydrogen) atoms. The van der Waals surface area contributed by atoms with Crippen molar-refractivity contribution in [2.75, 3.05) is 27.4 Å². The molecule has 0 spiro atoms. The lowest BCUT2D eigenvalue weighted by atomic mass is 9.82. The molecule has 0 radical (unpaired) electrons. The molecule has 3 unspecified atom stereocenters. The average molecular weight is 271 g/mol. The van der Waals surface area contributed by atoms with Crippen molar-refractivity contribution in [1.82, 2.24) is 5.32 Å². The maximum absolute atomic E-state index is 12.0. The molecule has 1 aliphatic rings. The van der Waals surface area contributed by atoms with E-state index in [0.29, 0.717) is 26.0 Å². The Kier molecular flexibility index (Phi) is 6.52. The summed E-state index contributed by atoms with van der Waals surface area (Å²) >= 11 is 0. The summed E-state index contributed by atoms with van der Waals surface area (Å²) in [6.45, 7) is 0.694. The molecule has 6 nitrogen and oxygen atoms in total. The van der Waals surface area contributed by atoms with Gasteiger partial charge in [0.25, 0.3) is 0 Å². The van der Waals surface area contributed by atoms with Gasteiger partial charge in [-0.05, 0) is 12.8 Å². The number of rotatable bonds is 7. The summed E-state index contributed by atoms with van der Waals surface area (Å²) in [6.07, 6.45) is 4.30. The van der Waals surface area contributed by atoms with Crippen LogP contribution in [0.3, 0.4) is 0 Å². The Morgan fingerprint density at radius 3 is 2.47 bits per heavy atom. The molecular weight excluding hydrogens is 250 g/mol. The third kappa shape index (κ3) is 4.65. The minimum atomic E-state index is -0.926. The molecule has 2 N–H and O–H groups in total. The van der Waals surface area contributed by atoms with Gasteiger partial charge >= 0.3 is 5.97 Å². The lowest BCUT2D eigenvalue weighted by Crippen LogP contribution is -2.42. The summed E-state index contributed by atoms with van der Waals surface area (Å²) in [5.41, 5.74) is 0. The normalized spacial score (nSPS) is 23.9. The molecule has 1 amide bonds. The van der Waals surface area contributed by atoms with Crippen LogP contribution in [0.2, 0.25) is 0 Å². The largest absolute Gasteiger partial charge is 0.481 e. The van der Waals surface area contributed by atoms with Crippen molar-refractivity contribution in [3.8, 4) is 0 Å². The molecule has 0 heterocycles. The van der Waals surface area contributed by atoms with Crippen molar-refractivity contribution < 1.29 is 24.2 Å². The van der Waals surface area contributed by atoms with Crippen molar-refractivity contribution in [3.63, 3.8) is 0 Å². The number of carboxylic acid groups (broad SMARTS) is 1. The summed E-state index contributed by atoms with van der Waals surface area (Å²) in [7, 11) is 3.10. The number of carbonyl (C=O) groups excluding carboxylic acids is 1. The summed E-state index contributed by atoms with van der Waals surface area (Å²) in [5.74, 6) is -2.32. The maximum atomic E-state index is 12.0. The number of hydrogen-bond acceptors (Lipinski definition) is 4. The first kappa shape index (κ1) is 15.7. The van der Waals surface area contributed by atoms with E-state index in [1.54, 1.807) is 14.2 Å². The molecule has 0 aromatic rings. The smallest absolute Gasteiger partial charge is 0.307 e. The Morgan fingerprint density at radius 2 is 1.95 bits per heavy atom. The topological polar surface area (TPSA) is 84.9 Å². The summed E-state index contributed by atoms with van der Waals surface area (Å²) in [5, 5.41) is 11.8. The summed E-state index contributed by atoms with van der Waals surface area (Å²) in [4.78, 5) is 23.1. The second-order valence-corrected chi connectivity index (χ2v) is 4.55. The summed E-state index contributed by atoms with van der Waals surface area (Å²) in [6, 6.07) is 0. The minimum absolute atomic E-state index is 0.226. The molecule has 0 aromatic heterocycles. The lowest BCUT2D eigenvalue weighted by Gasteiger charge is -2.25. The second kappa shape index (κ2) is 7.91. The maximum Gasteiger partial charge on any atom is 0.307 e. The molecule has 0 fully saturated rings. The SMILES string of the molecule is COCC(CNC(=O)C1CC=CCC1C(=O)O)OC. The van der Waals surface area contributed by atoms with E-state index in [1.165, 1.54) is 0 Å². The van der Waals surface area contributed by atoms with Gasteiger partial charge in [-0.2, -0.15) is 0 Å². The third-order valence-electron chi connectivity index (χ3n) is 3.28. The van der Waals surface area contributed by atoms with Crippen LogP contribution < -0.4 is 5.32 Å². The first-order chi connectivity index (χ1) is 9.10. The van der Waals surface area contributed by atoms with Crippen LogP contribution in [-0.2, 0) is 19.1 Å². The predicted octanol–water partition coefficient (Wildman–Crippen LogP) is 0.431. The number of aliphatic carboxylic acids is 1. The zero-order valence-corrected chi connectivity index (χ0v) is 11.3. The average Bonchev–Trinajstić information content (AvgIpc) is 2.43. The van der Waals surface area contributed by atoms with Gasteiger partial charge in [-0.15, -0.1) is 0 Å². The lowest BCUT2D eigenvalue weighted by molar-refractivity contribution is -0.147. The molecular formula is C13H21NO5. The monoisotopic (exact) mass is 271 g/mol. The molecule has 0 saturated carbocycles. The Bertz CT molecular complexity index is 342. The first-order valence-corrected chi connectivity index (χ1v) is 6.27. The van der Waals surface area contributed by atoms with Crippen molar-refractivity contribution in [2.24, 2.45) is 11.8 Å². The number of carbonyl (C=O) groups is 2. The van der Waals surface area contributed by atoms with Crippen molar-refractivity contribution in [3.05, 3.63) is 12.2 Å². The van der Waals surface area contributed by atoms with Gasteiger partial charge in [0.1, 0.15) is 0 Å². The molecule has 6 heteroatoms. The van der Waals surface area contributed by atoms with E-state index in [0.717, 1.165) is 0 Å². The number of allylic oxidation sites excluding steroid dienone is 2. The standard InChI is InChI=1S/C13H21NO5/c1-18-8-9(19-2)7-14-12(15)10-5-3-4-6-11(10)13(16)17/h3-4,9-11H,5-8H2,1-2H3,(H,14,15)(H,16,17). The Hall–Kier alpha value is -1.40. The van der Waals surface area contributed by atoms with Gasteiger partial charge in [-0.3, -0.25) is 9.59 Å². The second-order valence-electron chi connectivity index (χ2n) is 4.55. The molecule has 1 aliphatic carbocycles. The Labute approximate surface area is 112 Å². The van der Waals surface area contributed by atoms with Crippen molar-refractivity contribution in [1.29, 1.82) is 0 Å². The number of ether oxygens (including phenoxy) is 2. The Balaban J connectivity index is 2.51. The van der Waals surface area contributed by atoms with E-state index in [2.05, 4.69) is 5.32 Å². The van der Waals surface area contributed by atoms with Crippen LogP contribution in [-0.4, -0.2) is 50.5 Å². The van der Waals surface area contributed by atoms with E-state index < -0.39 is 17.8 Å². The first-order valence-electron chi connectivity index (χ1n) is 6.27. The quantitative estimate of drug-likeness (QED) is 0.656. The van der Waals surface area contributed by atoms with Gasteiger partial charge in [0.05, 0.1) is 24.5 Å². The highest BCUT2D eigenvalue weighted by Gasteiger charge is 2.33. The molecule has 108 valence electrons. The summed E-state index contributed by atoms with van der Waals surface area (Å²) < 4.78 is 10.1. The number of hydrogen-bond donors (Lipinski definition) is 2. The minimum Gasteiger partial charge on any atom is -0.481 e. The highest BCUT2D eigenvalue weighted by molar-refractivity contribution is 5.85. The van der Waals surface area contributed by atoms with Crippen LogP contribution in [0.15, 0.2) is 12.2 Å². The van der Waals surface area contributed by atoms with Gasteiger partial charge in [0.15, 0.2) is 0 Å². The van der Waals surface area contributed by atoms with Crippen molar-refractivity contribution in [2.45, 2.75) is 18.9 Å². The number of amides is 1. The fourth-order valence-corrected chi connectivity index (χ4v) is 2.12. The van der Waals surface area contributed by atoms with E-state index in [4.69, 9.17) is 14.6 Å². The molecule has 0 aliphatic heterocycles. The van der Waals surface area contributed by atoms with Gasteiger partial charge < -0.3 is 19.9 Å². The fourth-order valence-electron chi connectivity index (χ4n) is 2.12. The molecule has 1 rings (SSSR count). The number of nitrogens with one attached hydrogen (secondary N) is 1. The van der Waals surface area contributed by atoms with Crippen LogP contribution in [0.4, 0.5) is 0 Å². The number of methoxy groups -OCH3 is 2. The zero-order valence-electron chi connectivity index (χ0n) is 11.3. The fraction of sp³-hybridized carbons (Fsp3) is 0.692. The molecule has 0 saturated heterocycles. The van der Waals surface area contributed by atoms with Crippen LogP contribution in [0, 0.1) is 11.8 Å². The van der Waals surface area contributed by atoms with Crippen LogP contribution in [0.5, 0.6) is 0 Å². The van der Waals surface area contributed by atoms with Crippen LogP contribution >= 0.6 is 0 Å². The van der Waals surface area contributed by atoms with E-state index >= 15 is 0 Å². The van der Waals surface area contributed by atoms with E-state index in [1.807, 2.05) is 12.2 Å². The van der Waals surface area contributed by atoms with E-state index in [-0.39, 0.29) is 12.0 Å². The number of carboxylic acids is 1. The van der Waals surface area contributed by atoms with E-state index in [9.17, 15) is 9.59 Å².